The van der Waals surface area contributed by atoms with Crippen molar-refractivity contribution in [3.05, 3.63) is 47.4 Å². The summed E-state index contributed by atoms with van der Waals surface area (Å²) in [5, 5.41) is 14.7. The van der Waals surface area contributed by atoms with Gasteiger partial charge in [-0.15, -0.1) is 10.2 Å². The zero-order valence-electron chi connectivity index (χ0n) is 18.8. The van der Waals surface area contributed by atoms with Gasteiger partial charge in [-0.1, -0.05) is 11.6 Å². The largest absolute Gasteiger partial charge is 0.467 e. The zero-order chi connectivity index (χ0) is 24.9. The molecule has 0 saturated carbocycles. The monoisotopic (exact) mass is 492 g/mol. The highest BCUT2D eigenvalue weighted by atomic mass is 35.5. The van der Waals surface area contributed by atoms with Crippen molar-refractivity contribution in [3.8, 4) is 23.0 Å². The molecule has 34 heavy (non-hydrogen) atoms. The maximum atomic E-state index is 13.9. The molecule has 180 valence electrons. The fourth-order valence-corrected chi connectivity index (χ4v) is 2.78. The molecule has 3 aromatic rings. The van der Waals surface area contributed by atoms with E-state index in [-0.39, 0.29) is 23.3 Å². The van der Waals surface area contributed by atoms with E-state index in [1.54, 1.807) is 45.0 Å². The highest BCUT2D eigenvalue weighted by Crippen LogP contribution is 2.26. The number of ether oxygens (including phenoxy) is 3. The molecule has 1 N–H and O–H groups in total. The fraction of sp³-hybridized carbons (Fsp3) is 0.333. The molecular formula is C21H22ClFN6O5. The van der Waals surface area contributed by atoms with Crippen LogP contribution in [0.15, 0.2) is 36.5 Å². The van der Waals surface area contributed by atoms with E-state index >= 15 is 0 Å². The van der Waals surface area contributed by atoms with Gasteiger partial charge in [-0.2, -0.15) is 4.80 Å². The summed E-state index contributed by atoms with van der Waals surface area (Å²) in [6.45, 7) is 4.96. The number of aromatic nitrogens is 5. The van der Waals surface area contributed by atoms with Crippen molar-refractivity contribution >= 4 is 23.7 Å². The van der Waals surface area contributed by atoms with Crippen LogP contribution in [0, 0.1) is 5.82 Å². The van der Waals surface area contributed by atoms with Crippen LogP contribution in [0.25, 0.3) is 11.4 Å². The van der Waals surface area contributed by atoms with Crippen LogP contribution in [0.2, 0.25) is 5.02 Å². The first kappa shape index (κ1) is 24.8. The van der Waals surface area contributed by atoms with Crippen LogP contribution in [-0.2, 0) is 20.8 Å². The smallest absolute Gasteiger partial charge is 0.408 e. The molecule has 0 aliphatic rings. The minimum absolute atomic E-state index is 0.137. The summed E-state index contributed by atoms with van der Waals surface area (Å²) in [4.78, 5) is 29.1. The van der Waals surface area contributed by atoms with Gasteiger partial charge in [0.1, 0.15) is 11.4 Å². The Labute approximate surface area is 199 Å². The number of rotatable bonds is 7. The summed E-state index contributed by atoms with van der Waals surface area (Å²) in [6, 6.07) is 6.43. The third kappa shape index (κ3) is 6.85. The average molecular weight is 493 g/mol. The fourth-order valence-electron chi connectivity index (χ4n) is 2.63. The molecule has 0 unspecified atom stereocenters. The van der Waals surface area contributed by atoms with E-state index in [1.165, 1.54) is 13.3 Å². The summed E-state index contributed by atoms with van der Waals surface area (Å²) in [6.07, 6.45) is 0.487. The number of esters is 1. The van der Waals surface area contributed by atoms with E-state index in [0.29, 0.717) is 11.3 Å². The molecule has 13 heteroatoms. The molecular weight excluding hydrogens is 471 g/mol. The maximum absolute atomic E-state index is 13.9. The predicted molar refractivity (Wildman–Crippen MR) is 118 cm³/mol. The summed E-state index contributed by atoms with van der Waals surface area (Å²) >= 11 is 5.69. The molecule has 0 saturated heterocycles. The molecule has 0 radical (unpaired) electrons. The Morgan fingerprint density at radius 3 is 2.56 bits per heavy atom. The second-order valence-electron chi connectivity index (χ2n) is 7.96. The molecule has 2 heterocycles. The first-order valence-corrected chi connectivity index (χ1v) is 10.4. The van der Waals surface area contributed by atoms with Gasteiger partial charge in [-0.25, -0.2) is 19.0 Å². The number of tetrazole rings is 1. The van der Waals surface area contributed by atoms with Crippen LogP contribution in [-0.4, -0.2) is 56.0 Å². The van der Waals surface area contributed by atoms with Gasteiger partial charge in [0.05, 0.1) is 18.7 Å². The number of nitrogens with one attached hydrogen (secondary N) is 1. The van der Waals surface area contributed by atoms with Crippen molar-refractivity contribution in [2.24, 2.45) is 0 Å². The van der Waals surface area contributed by atoms with Gasteiger partial charge in [0.2, 0.25) is 5.82 Å². The highest BCUT2D eigenvalue weighted by Gasteiger charge is 2.26. The van der Waals surface area contributed by atoms with E-state index in [0.717, 1.165) is 10.9 Å². The molecule has 0 fully saturated rings. The van der Waals surface area contributed by atoms with Gasteiger partial charge in [0.15, 0.2) is 11.9 Å². The number of benzene rings is 1. The highest BCUT2D eigenvalue weighted by molar-refractivity contribution is 6.30. The summed E-state index contributed by atoms with van der Waals surface area (Å²) in [5.74, 6) is -1.02. The molecule has 1 atom stereocenters. The minimum Gasteiger partial charge on any atom is -0.467 e. The average Bonchev–Trinajstić information content (AvgIpc) is 3.22. The van der Waals surface area contributed by atoms with Crippen molar-refractivity contribution in [1.29, 1.82) is 0 Å². The number of nitrogens with zero attached hydrogens (tertiary/aromatic N) is 5. The Kier molecular flexibility index (Phi) is 7.61. The Morgan fingerprint density at radius 2 is 1.94 bits per heavy atom. The van der Waals surface area contributed by atoms with Crippen molar-refractivity contribution < 1.29 is 28.2 Å². The van der Waals surface area contributed by atoms with Crippen molar-refractivity contribution in [1.82, 2.24) is 30.5 Å². The molecule has 1 aromatic carbocycles. The number of hydrogen-bond donors (Lipinski definition) is 1. The number of methoxy groups -OCH3 is 1. The number of amides is 1. The van der Waals surface area contributed by atoms with Crippen LogP contribution in [0.5, 0.6) is 11.6 Å². The van der Waals surface area contributed by atoms with Crippen LogP contribution < -0.4 is 10.1 Å². The standard InChI is InChI=1S/C21H22ClFN6O5/c1-21(2,3)34-20(31)25-16(19(30)32-4)11-29-27-17(26-28-29)12-5-7-14(8-6-12)33-18-15(23)9-13(22)10-24-18/h5-10,16H,11H2,1-4H3,(H,25,31)/t16-/m1/s1. The van der Waals surface area contributed by atoms with Crippen molar-refractivity contribution in [3.63, 3.8) is 0 Å². The first-order chi connectivity index (χ1) is 16.0. The molecule has 0 aliphatic heterocycles. The van der Waals surface area contributed by atoms with Gasteiger partial charge in [0, 0.05) is 11.8 Å². The molecule has 11 nitrogen and oxygen atoms in total. The SMILES string of the molecule is COC(=O)[C@@H](Cn1nnc(-c2ccc(Oc3ncc(Cl)cc3F)cc2)n1)NC(=O)OC(C)(C)C. The molecule has 3 rings (SSSR count). The summed E-state index contributed by atoms with van der Waals surface area (Å²) in [5.41, 5.74) is -0.160. The molecule has 0 bridgehead atoms. The second kappa shape index (κ2) is 10.4. The van der Waals surface area contributed by atoms with Gasteiger partial charge in [-0.3, -0.25) is 0 Å². The number of alkyl carbamates (subject to hydrolysis) is 1. The summed E-state index contributed by atoms with van der Waals surface area (Å²) < 4.78 is 29.2. The Morgan fingerprint density at radius 1 is 1.24 bits per heavy atom. The zero-order valence-corrected chi connectivity index (χ0v) is 19.5. The maximum Gasteiger partial charge on any atom is 0.408 e. The Bertz CT molecular complexity index is 1170. The van der Waals surface area contributed by atoms with Crippen LogP contribution in [0.3, 0.4) is 0 Å². The lowest BCUT2D eigenvalue weighted by Crippen LogP contribution is -2.46. The lowest BCUT2D eigenvalue weighted by molar-refractivity contribution is -0.143. The molecule has 0 aliphatic carbocycles. The third-order valence-electron chi connectivity index (χ3n) is 4.08. The van der Waals surface area contributed by atoms with E-state index in [9.17, 15) is 14.0 Å². The lowest BCUT2D eigenvalue weighted by Gasteiger charge is -2.22. The second-order valence-corrected chi connectivity index (χ2v) is 8.39. The topological polar surface area (TPSA) is 130 Å². The van der Waals surface area contributed by atoms with Gasteiger partial charge in [0.25, 0.3) is 5.88 Å². The van der Waals surface area contributed by atoms with Gasteiger partial charge >= 0.3 is 12.1 Å². The number of hydrogen-bond acceptors (Lipinski definition) is 9. The molecule has 2 aromatic heterocycles. The van der Waals surface area contributed by atoms with E-state index < -0.39 is 29.5 Å². The Balaban J connectivity index is 1.68. The van der Waals surface area contributed by atoms with Crippen LogP contribution >= 0.6 is 11.6 Å². The number of carbonyl (C=O) groups is 2. The number of carbonyl (C=O) groups excluding carboxylic acids is 2. The minimum atomic E-state index is -1.10. The summed E-state index contributed by atoms with van der Waals surface area (Å²) in [7, 11) is 1.20. The quantitative estimate of drug-likeness (QED) is 0.493. The predicted octanol–water partition coefficient (Wildman–Crippen LogP) is 3.39. The van der Waals surface area contributed by atoms with E-state index in [1.807, 2.05) is 0 Å². The Hall–Kier alpha value is -3.80. The number of halogens is 2. The normalized spacial score (nSPS) is 12.1. The van der Waals surface area contributed by atoms with Crippen LogP contribution in [0.4, 0.5) is 9.18 Å². The van der Waals surface area contributed by atoms with Crippen molar-refractivity contribution in [2.75, 3.05) is 7.11 Å². The van der Waals surface area contributed by atoms with Gasteiger partial charge < -0.3 is 19.5 Å². The van der Waals surface area contributed by atoms with E-state index in [2.05, 4.69) is 25.7 Å². The molecule has 0 spiro atoms. The van der Waals surface area contributed by atoms with Crippen LogP contribution in [0.1, 0.15) is 20.8 Å². The first-order valence-electron chi connectivity index (χ1n) is 9.98. The molecule has 1 amide bonds. The van der Waals surface area contributed by atoms with Crippen molar-refractivity contribution in [2.45, 2.75) is 39.0 Å². The number of pyridine rings is 1. The third-order valence-corrected chi connectivity index (χ3v) is 4.28. The van der Waals surface area contributed by atoms with E-state index in [4.69, 9.17) is 25.8 Å². The lowest BCUT2D eigenvalue weighted by atomic mass is 10.2. The van der Waals surface area contributed by atoms with Gasteiger partial charge in [-0.05, 0) is 56.3 Å².